The Morgan fingerprint density at radius 2 is 1.89 bits per heavy atom. The molecule has 148 valence electrons. The maximum Gasteiger partial charge on any atom is 0.321 e. The van der Waals surface area contributed by atoms with E-state index < -0.39 is 0 Å². The largest absolute Gasteiger partial charge is 0.327 e. The Morgan fingerprint density at radius 3 is 2.56 bits per heavy atom. The summed E-state index contributed by atoms with van der Waals surface area (Å²) in [5.74, 6) is 1.65. The van der Waals surface area contributed by atoms with Crippen LogP contribution in [0.25, 0.3) is 0 Å². The SMILES string of the molecule is CCc1ccccc1NC(=O)N1CCC2(CC1)SCCN2C(=O)CC(C)C. The van der Waals surface area contributed by atoms with E-state index in [1.807, 2.05) is 40.9 Å². The average Bonchev–Trinajstić information content (AvgIpc) is 3.05. The molecule has 6 heteroatoms. The number of hydrogen-bond donors (Lipinski definition) is 1. The molecule has 0 unspecified atom stereocenters. The summed E-state index contributed by atoms with van der Waals surface area (Å²) in [7, 11) is 0. The number of anilines is 1. The van der Waals surface area contributed by atoms with Crippen molar-refractivity contribution in [3.63, 3.8) is 0 Å². The van der Waals surface area contributed by atoms with Gasteiger partial charge < -0.3 is 15.1 Å². The second-order valence-electron chi connectivity index (χ2n) is 7.87. The van der Waals surface area contributed by atoms with Crippen molar-refractivity contribution in [3.05, 3.63) is 29.8 Å². The summed E-state index contributed by atoms with van der Waals surface area (Å²) in [5, 5.41) is 3.07. The molecule has 2 fully saturated rings. The zero-order valence-electron chi connectivity index (χ0n) is 16.7. The van der Waals surface area contributed by atoms with Crippen LogP contribution in [0.5, 0.6) is 0 Å². The van der Waals surface area contributed by atoms with Gasteiger partial charge >= 0.3 is 6.03 Å². The Bertz CT molecular complexity index is 684. The van der Waals surface area contributed by atoms with E-state index in [-0.39, 0.29) is 16.8 Å². The lowest BCUT2D eigenvalue weighted by Crippen LogP contribution is -2.54. The Kier molecular flexibility index (Phi) is 6.35. The highest BCUT2D eigenvalue weighted by Gasteiger charge is 2.46. The van der Waals surface area contributed by atoms with Gasteiger partial charge in [0, 0.05) is 37.5 Å². The number of benzene rings is 1. The van der Waals surface area contributed by atoms with E-state index in [1.54, 1.807) is 0 Å². The number of piperidine rings is 1. The number of aryl methyl sites for hydroxylation is 1. The molecule has 27 heavy (non-hydrogen) atoms. The number of carbonyl (C=O) groups excluding carboxylic acids is 2. The molecule has 1 aromatic carbocycles. The molecule has 2 aliphatic heterocycles. The fourth-order valence-electron chi connectivity index (χ4n) is 4.04. The molecule has 0 saturated carbocycles. The van der Waals surface area contributed by atoms with Crippen LogP contribution in [0, 0.1) is 5.92 Å². The maximum absolute atomic E-state index is 12.7. The Morgan fingerprint density at radius 1 is 1.19 bits per heavy atom. The van der Waals surface area contributed by atoms with Crippen LogP contribution in [0.2, 0.25) is 0 Å². The summed E-state index contributed by atoms with van der Waals surface area (Å²) in [6.07, 6.45) is 3.21. The lowest BCUT2D eigenvalue weighted by Gasteiger charge is -2.44. The van der Waals surface area contributed by atoms with E-state index in [9.17, 15) is 9.59 Å². The zero-order chi connectivity index (χ0) is 19.4. The molecule has 1 N–H and O–H groups in total. The van der Waals surface area contributed by atoms with Crippen molar-refractivity contribution >= 4 is 29.4 Å². The van der Waals surface area contributed by atoms with Gasteiger partial charge in [0.1, 0.15) is 0 Å². The summed E-state index contributed by atoms with van der Waals surface area (Å²) in [4.78, 5) is 29.3. The Balaban J connectivity index is 1.61. The number of likely N-dealkylation sites (tertiary alicyclic amines) is 1. The molecule has 3 amide bonds. The maximum atomic E-state index is 12.7. The first-order valence-corrected chi connectivity index (χ1v) is 11.0. The molecule has 5 nitrogen and oxygen atoms in total. The predicted octanol–water partition coefficient (Wildman–Crippen LogP) is 4.19. The molecule has 2 saturated heterocycles. The van der Waals surface area contributed by atoms with Crippen LogP contribution in [0.4, 0.5) is 10.5 Å². The first-order valence-electron chi connectivity index (χ1n) is 10.0. The topological polar surface area (TPSA) is 52.7 Å². The number of hydrogen-bond acceptors (Lipinski definition) is 3. The number of nitrogens with one attached hydrogen (secondary N) is 1. The van der Waals surface area contributed by atoms with E-state index in [2.05, 4.69) is 31.0 Å². The Hall–Kier alpha value is -1.69. The second-order valence-corrected chi connectivity index (χ2v) is 9.32. The summed E-state index contributed by atoms with van der Waals surface area (Å²) in [6.45, 7) is 8.50. The normalized spacial score (nSPS) is 19.0. The predicted molar refractivity (Wildman–Crippen MR) is 112 cm³/mol. The van der Waals surface area contributed by atoms with Crippen LogP contribution < -0.4 is 5.32 Å². The molecule has 0 radical (unpaired) electrons. The third-order valence-corrected chi connectivity index (χ3v) is 7.09. The van der Waals surface area contributed by atoms with Gasteiger partial charge in [0.25, 0.3) is 0 Å². The van der Waals surface area contributed by atoms with Gasteiger partial charge in [-0.3, -0.25) is 4.79 Å². The minimum Gasteiger partial charge on any atom is -0.327 e. The van der Waals surface area contributed by atoms with E-state index >= 15 is 0 Å². The molecule has 2 heterocycles. The van der Waals surface area contributed by atoms with E-state index in [1.165, 1.54) is 0 Å². The van der Waals surface area contributed by atoms with Crippen LogP contribution in [0.3, 0.4) is 0 Å². The Labute approximate surface area is 166 Å². The van der Waals surface area contributed by atoms with Crippen molar-refractivity contribution in [2.75, 3.05) is 30.7 Å². The number of rotatable bonds is 4. The molecule has 3 rings (SSSR count). The molecule has 0 aliphatic carbocycles. The molecule has 0 bridgehead atoms. The van der Waals surface area contributed by atoms with Gasteiger partial charge in [-0.25, -0.2) is 4.79 Å². The number of para-hydroxylation sites is 1. The van der Waals surface area contributed by atoms with Crippen LogP contribution in [0.15, 0.2) is 24.3 Å². The minimum atomic E-state index is -0.107. The van der Waals surface area contributed by atoms with Crippen molar-refractivity contribution in [2.24, 2.45) is 5.92 Å². The van der Waals surface area contributed by atoms with E-state index in [4.69, 9.17) is 0 Å². The molecule has 0 atom stereocenters. The summed E-state index contributed by atoms with van der Waals surface area (Å²) < 4.78 is 0. The van der Waals surface area contributed by atoms with Crippen molar-refractivity contribution < 1.29 is 9.59 Å². The lowest BCUT2D eigenvalue weighted by atomic mass is 10.0. The van der Waals surface area contributed by atoms with Gasteiger partial charge in [-0.2, -0.15) is 0 Å². The molecular weight excluding hydrogens is 358 g/mol. The van der Waals surface area contributed by atoms with Gasteiger partial charge in [0.05, 0.1) is 4.87 Å². The van der Waals surface area contributed by atoms with Crippen molar-refractivity contribution in [2.45, 2.75) is 51.3 Å². The highest BCUT2D eigenvalue weighted by atomic mass is 32.2. The fourth-order valence-corrected chi connectivity index (χ4v) is 5.51. The van der Waals surface area contributed by atoms with Crippen molar-refractivity contribution in [1.29, 1.82) is 0 Å². The number of thioether (sulfide) groups is 1. The van der Waals surface area contributed by atoms with Crippen LogP contribution in [-0.2, 0) is 11.2 Å². The average molecular weight is 390 g/mol. The quantitative estimate of drug-likeness (QED) is 0.840. The van der Waals surface area contributed by atoms with Crippen LogP contribution >= 0.6 is 11.8 Å². The van der Waals surface area contributed by atoms with E-state index in [0.29, 0.717) is 25.4 Å². The standard InChI is InChI=1S/C21H31N3O2S/c1-4-17-7-5-6-8-18(17)22-20(26)23-11-9-21(10-12-23)24(13-14-27-21)19(25)15-16(2)3/h5-8,16H,4,9-15H2,1-3H3,(H,22,26). The van der Waals surface area contributed by atoms with Crippen molar-refractivity contribution in [3.8, 4) is 0 Å². The van der Waals surface area contributed by atoms with Gasteiger partial charge in [-0.1, -0.05) is 39.0 Å². The smallest absolute Gasteiger partial charge is 0.321 e. The monoisotopic (exact) mass is 389 g/mol. The molecular formula is C21H31N3O2S. The number of carbonyl (C=O) groups is 2. The number of amides is 3. The number of nitrogens with zero attached hydrogens (tertiary/aromatic N) is 2. The highest BCUT2D eigenvalue weighted by molar-refractivity contribution is 8.00. The summed E-state index contributed by atoms with van der Waals surface area (Å²) in [6, 6.07) is 7.93. The lowest BCUT2D eigenvalue weighted by molar-refractivity contribution is -0.135. The van der Waals surface area contributed by atoms with Crippen molar-refractivity contribution in [1.82, 2.24) is 9.80 Å². The molecule has 1 spiro atoms. The fraction of sp³-hybridized carbons (Fsp3) is 0.619. The van der Waals surface area contributed by atoms with Crippen LogP contribution in [0.1, 0.15) is 45.6 Å². The summed E-state index contributed by atoms with van der Waals surface area (Å²) in [5.41, 5.74) is 2.05. The van der Waals surface area contributed by atoms with E-state index in [0.717, 1.165) is 42.8 Å². The minimum absolute atomic E-state index is 0.0335. The number of urea groups is 1. The second kappa shape index (κ2) is 8.55. The first kappa shape index (κ1) is 20.1. The van der Waals surface area contributed by atoms with Crippen LogP contribution in [-0.4, -0.2) is 52.0 Å². The highest BCUT2D eigenvalue weighted by Crippen LogP contribution is 2.44. The first-order chi connectivity index (χ1) is 12.9. The third kappa shape index (κ3) is 4.42. The van der Waals surface area contributed by atoms with Gasteiger partial charge in [-0.05, 0) is 36.8 Å². The van der Waals surface area contributed by atoms with Gasteiger partial charge in [-0.15, -0.1) is 11.8 Å². The zero-order valence-corrected chi connectivity index (χ0v) is 17.5. The molecule has 1 aromatic rings. The third-order valence-electron chi connectivity index (χ3n) is 5.53. The van der Waals surface area contributed by atoms with Gasteiger partial charge in [0.2, 0.25) is 5.91 Å². The molecule has 2 aliphatic rings. The summed E-state index contributed by atoms with van der Waals surface area (Å²) >= 11 is 1.90. The molecule has 0 aromatic heterocycles. The van der Waals surface area contributed by atoms with Gasteiger partial charge in [0.15, 0.2) is 0 Å².